The Labute approximate surface area is 213 Å². The molecule has 0 radical (unpaired) electrons. The van der Waals surface area contributed by atoms with Gasteiger partial charge in [0, 0.05) is 38.1 Å². The second-order valence-corrected chi connectivity index (χ2v) is 9.39. The zero-order valence-corrected chi connectivity index (χ0v) is 20.8. The number of benzene rings is 1. The van der Waals surface area contributed by atoms with Crippen LogP contribution in [0.2, 0.25) is 0 Å². The lowest BCUT2D eigenvalue weighted by molar-refractivity contribution is 0.0738. The fraction of sp³-hybridized carbons (Fsp3) is 0.308. The quantitative estimate of drug-likeness (QED) is 0.329. The summed E-state index contributed by atoms with van der Waals surface area (Å²) in [6.45, 7) is 10.4. The third kappa shape index (κ3) is 4.83. The Hall–Kier alpha value is -4.09. The smallest absolute Gasteiger partial charge is 0.278 e. The predicted molar refractivity (Wildman–Crippen MR) is 141 cm³/mol. The topological polar surface area (TPSA) is 113 Å². The van der Waals surface area contributed by atoms with Gasteiger partial charge >= 0.3 is 0 Å². The van der Waals surface area contributed by atoms with Gasteiger partial charge in [-0.2, -0.15) is 4.98 Å². The molecule has 3 N–H and O–H groups in total. The van der Waals surface area contributed by atoms with Gasteiger partial charge in [0.25, 0.3) is 5.56 Å². The van der Waals surface area contributed by atoms with Gasteiger partial charge in [0.1, 0.15) is 16.8 Å². The number of hydrogen-bond donors (Lipinski definition) is 3. The highest BCUT2D eigenvalue weighted by Gasteiger charge is 2.22. The third-order valence-corrected chi connectivity index (χ3v) is 6.22. The fourth-order valence-corrected chi connectivity index (χ4v) is 4.37. The third-order valence-electron chi connectivity index (χ3n) is 6.22. The molecule has 1 fully saturated rings. The van der Waals surface area contributed by atoms with Crippen LogP contribution >= 0.6 is 0 Å². The zero-order chi connectivity index (χ0) is 26.2. The first-order chi connectivity index (χ1) is 17.8. The van der Waals surface area contributed by atoms with E-state index in [0.717, 1.165) is 26.2 Å². The lowest BCUT2D eigenvalue weighted by Crippen LogP contribution is -2.43. The molecule has 5 rings (SSSR count). The van der Waals surface area contributed by atoms with Crippen molar-refractivity contribution in [3.05, 3.63) is 77.1 Å². The second kappa shape index (κ2) is 9.75. The van der Waals surface area contributed by atoms with Crippen LogP contribution in [0.25, 0.3) is 16.9 Å². The zero-order valence-electron chi connectivity index (χ0n) is 20.8. The Morgan fingerprint density at radius 3 is 2.70 bits per heavy atom. The van der Waals surface area contributed by atoms with Crippen LogP contribution in [0.1, 0.15) is 19.5 Å². The standard InChI is InChI=1S/C26H29FN8O2/c1-4-12-34-24(36)18-16-29-25(30-17-8-9-20(19(27)15-17)33-13-10-28-11-14-33)32-23(18)35(34)22-7-5-6-21(31-22)26(2,3)37/h4-9,15-16,28,37H,1,10-14H2,2-3H3,(H,29,30,32). The molecule has 0 unspecified atom stereocenters. The van der Waals surface area contributed by atoms with E-state index >= 15 is 0 Å². The van der Waals surface area contributed by atoms with Gasteiger partial charge in [-0.3, -0.25) is 4.79 Å². The number of halogens is 1. The summed E-state index contributed by atoms with van der Waals surface area (Å²) >= 11 is 0. The Kier molecular flexibility index (Phi) is 6.48. The van der Waals surface area contributed by atoms with E-state index in [4.69, 9.17) is 0 Å². The number of fused-ring (bicyclic) bond motifs is 1. The molecule has 0 aliphatic carbocycles. The minimum absolute atomic E-state index is 0.199. The van der Waals surface area contributed by atoms with Crippen molar-refractivity contribution in [2.24, 2.45) is 0 Å². The molecule has 192 valence electrons. The van der Waals surface area contributed by atoms with E-state index in [-0.39, 0.29) is 23.9 Å². The second-order valence-electron chi connectivity index (χ2n) is 9.39. The van der Waals surface area contributed by atoms with E-state index < -0.39 is 5.60 Å². The molecular formula is C26H29FN8O2. The number of anilines is 3. The lowest BCUT2D eigenvalue weighted by atomic mass is 10.1. The number of allylic oxidation sites excluding steroid dienone is 1. The monoisotopic (exact) mass is 504 g/mol. The van der Waals surface area contributed by atoms with Crippen molar-refractivity contribution >= 4 is 28.4 Å². The summed E-state index contributed by atoms with van der Waals surface area (Å²) in [5, 5.41) is 17.1. The molecule has 3 aromatic heterocycles. The van der Waals surface area contributed by atoms with Crippen molar-refractivity contribution in [1.29, 1.82) is 0 Å². The lowest BCUT2D eigenvalue weighted by Gasteiger charge is -2.29. The van der Waals surface area contributed by atoms with Crippen molar-refractivity contribution in [1.82, 2.24) is 29.6 Å². The molecule has 10 nitrogen and oxygen atoms in total. The summed E-state index contributed by atoms with van der Waals surface area (Å²) in [4.78, 5) is 28.6. The van der Waals surface area contributed by atoms with Crippen LogP contribution in [0.3, 0.4) is 0 Å². The number of aliphatic hydroxyl groups is 1. The van der Waals surface area contributed by atoms with Crippen LogP contribution in [0, 0.1) is 5.82 Å². The summed E-state index contributed by atoms with van der Waals surface area (Å²) in [7, 11) is 0. The molecular weight excluding hydrogens is 475 g/mol. The number of pyridine rings is 1. The van der Waals surface area contributed by atoms with E-state index in [1.807, 2.05) is 4.90 Å². The Morgan fingerprint density at radius 2 is 2.00 bits per heavy atom. The van der Waals surface area contributed by atoms with E-state index in [2.05, 4.69) is 32.2 Å². The minimum Gasteiger partial charge on any atom is -0.384 e. The largest absolute Gasteiger partial charge is 0.384 e. The number of nitrogens with one attached hydrogen (secondary N) is 2. The molecule has 11 heteroatoms. The maximum Gasteiger partial charge on any atom is 0.278 e. The van der Waals surface area contributed by atoms with E-state index in [1.165, 1.54) is 16.9 Å². The van der Waals surface area contributed by atoms with Crippen LogP contribution in [0.15, 0.2) is 60.0 Å². The number of rotatable bonds is 7. The Bertz CT molecular complexity index is 1520. The van der Waals surface area contributed by atoms with Gasteiger partial charge in [0.2, 0.25) is 5.95 Å². The predicted octanol–water partition coefficient (Wildman–Crippen LogP) is 2.68. The molecule has 1 saturated heterocycles. The van der Waals surface area contributed by atoms with Gasteiger partial charge < -0.3 is 20.6 Å². The van der Waals surface area contributed by atoms with Gasteiger partial charge in [0.15, 0.2) is 11.5 Å². The highest BCUT2D eigenvalue weighted by Crippen LogP contribution is 2.26. The van der Waals surface area contributed by atoms with Crippen LogP contribution in [0.5, 0.6) is 0 Å². The highest BCUT2D eigenvalue weighted by atomic mass is 19.1. The van der Waals surface area contributed by atoms with Crippen LogP contribution < -0.4 is 21.1 Å². The average molecular weight is 505 g/mol. The van der Waals surface area contributed by atoms with Crippen LogP contribution in [-0.4, -0.2) is 55.6 Å². The summed E-state index contributed by atoms with van der Waals surface area (Å²) in [5.41, 5.74) is 0.322. The van der Waals surface area contributed by atoms with Crippen molar-refractivity contribution < 1.29 is 9.50 Å². The maximum atomic E-state index is 14.9. The van der Waals surface area contributed by atoms with E-state index in [0.29, 0.717) is 33.9 Å². The molecule has 4 aromatic rings. The Balaban J connectivity index is 1.55. The first-order valence-corrected chi connectivity index (χ1v) is 12.1. The molecule has 0 amide bonds. The van der Waals surface area contributed by atoms with Crippen molar-refractivity contribution in [2.45, 2.75) is 26.0 Å². The summed E-state index contributed by atoms with van der Waals surface area (Å²) in [6, 6.07) is 10.1. The molecule has 4 heterocycles. The minimum atomic E-state index is -1.18. The van der Waals surface area contributed by atoms with Crippen LogP contribution in [0.4, 0.5) is 21.7 Å². The molecule has 1 aromatic carbocycles. The van der Waals surface area contributed by atoms with Gasteiger partial charge in [-0.15, -0.1) is 6.58 Å². The van der Waals surface area contributed by atoms with Gasteiger partial charge in [-0.1, -0.05) is 12.1 Å². The highest BCUT2D eigenvalue weighted by molar-refractivity contribution is 5.77. The van der Waals surface area contributed by atoms with Crippen molar-refractivity contribution in [3.8, 4) is 5.82 Å². The molecule has 0 spiro atoms. The van der Waals surface area contributed by atoms with Gasteiger partial charge in [-0.25, -0.2) is 23.7 Å². The Morgan fingerprint density at radius 1 is 1.22 bits per heavy atom. The molecule has 1 aliphatic rings. The molecule has 37 heavy (non-hydrogen) atoms. The molecule has 1 aliphatic heterocycles. The number of aromatic nitrogens is 5. The normalized spacial score (nSPS) is 14.2. The average Bonchev–Trinajstić information content (AvgIpc) is 3.15. The maximum absolute atomic E-state index is 14.9. The first-order valence-electron chi connectivity index (χ1n) is 12.1. The first kappa shape index (κ1) is 24.6. The molecule has 0 atom stereocenters. The fourth-order valence-electron chi connectivity index (χ4n) is 4.37. The van der Waals surface area contributed by atoms with Gasteiger partial charge in [0.05, 0.1) is 17.9 Å². The van der Waals surface area contributed by atoms with Gasteiger partial charge in [-0.05, 0) is 44.2 Å². The van der Waals surface area contributed by atoms with Crippen molar-refractivity contribution in [3.63, 3.8) is 0 Å². The van der Waals surface area contributed by atoms with E-state index in [1.54, 1.807) is 54.9 Å². The summed E-state index contributed by atoms with van der Waals surface area (Å²) in [6.07, 6.45) is 3.04. The molecule has 0 saturated carbocycles. The summed E-state index contributed by atoms with van der Waals surface area (Å²) in [5.74, 6) is 0.268. The number of nitrogens with zero attached hydrogens (tertiary/aromatic N) is 6. The number of hydrogen-bond acceptors (Lipinski definition) is 8. The van der Waals surface area contributed by atoms with E-state index in [9.17, 15) is 14.3 Å². The SMILES string of the molecule is C=CCn1c(=O)c2cnc(Nc3ccc(N4CCNCC4)c(F)c3)nc2n1-c1cccc(C(C)(C)O)n1. The molecule has 0 bridgehead atoms. The number of piperazine rings is 1. The van der Waals surface area contributed by atoms with Crippen LogP contribution in [-0.2, 0) is 12.1 Å². The summed E-state index contributed by atoms with van der Waals surface area (Å²) < 4.78 is 18.0. The van der Waals surface area contributed by atoms with Crippen molar-refractivity contribution in [2.75, 3.05) is 36.4 Å².